The number of alkyl carbamates (subject to hydrolysis) is 1. The van der Waals surface area contributed by atoms with Crippen molar-refractivity contribution in [2.75, 3.05) is 20.2 Å². The van der Waals surface area contributed by atoms with Crippen molar-refractivity contribution in [1.29, 1.82) is 5.41 Å². The number of nitrogens with zero attached hydrogens (tertiary/aromatic N) is 1. The van der Waals surface area contributed by atoms with E-state index in [0.29, 0.717) is 54.7 Å². The normalized spacial score (nSPS) is 16.0. The number of ether oxygens (including phenoxy) is 2. The number of hydrogen-bond acceptors (Lipinski definition) is 9. The van der Waals surface area contributed by atoms with E-state index in [1.54, 1.807) is 53.7 Å². The zero-order valence-electron chi connectivity index (χ0n) is 35.2. The number of benzene rings is 2. The maximum absolute atomic E-state index is 14.3. The van der Waals surface area contributed by atoms with Crippen LogP contribution < -0.4 is 25.4 Å². The van der Waals surface area contributed by atoms with Crippen LogP contribution in [0.1, 0.15) is 89.0 Å². The minimum atomic E-state index is -4.12. The van der Waals surface area contributed by atoms with E-state index in [1.807, 2.05) is 50.3 Å². The zero-order valence-corrected chi connectivity index (χ0v) is 36.0. The third kappa shape index (κ3) is 14.1. The van der Waals surface area contributed by atoms with Crippen LogP contribution in [0.2, 0.25) is 0 Å². The summed E-state index contributed by atoms with van der Waals surface area (Å²) in [5.74, 6) is -2.53. The van der Waals surface area contributed by atoms with Crippen LogP contribution in [0.4, 0.5) is 4.79 Å². The first-order valence-electron chi connectivity index (χ1n) is 19.7. The van der Waals surface area contributed by atoms with Crippen molar-refractivity contribution in [3.8, 4) is 5.75 Å². The summed E-state index contributed by atoms with van der Waals surface area (Å²) >= 11 is 0. The van der Waals surface area contributed by atoms with Gasteiger partial charge < -0.3 is 35.4 Å². The average molecular weight is 827 g/mol. The van der Waals surface area contributed by atoms with E-state index in [9.17, 15) is 32.7 Å². The van der Waals surface area contributed by atoms with Crippen molar-refractivity contribution in [3.05, 3.63) is 70.8 Å². The van der Waals surface area contributed by atoms with Crippen LogP contribution in [0.25, 0.3) is 0 Å². The van der Waals surface area contributed by atoms with Gasteiger partial charge in [0.1, 0.15) is 23.4 Å². The molecule has 0 aromatic heterocycles. The fraction of sp³-hybridized carbons (Fsp3) is 0.548. The number of hydrogen-bond donors (Lipinski definition) is 6. The van der Waals surface area contributed by atoms with Crippen molar-refractivity contribution in [3.63, 3.8) is 0 Å². The van der Waals surface area contributed by atoms with E-state index in [0.717, 1.165) is 5.56 Å². The van der Waals surface area contributed by atoms with Crippen LogP contribution >= 0.6 is 0 Å². The Morgan fingerprint density at radius 2 is 1.71 bits per heavy atom. The summed E-state index contributed by atoms with van der Waals surface area (Å²) in [7, 11) is -2.62. The summed E-state index contributed by atoms with van der Waals surface area (Å²) in [4.78, 5) is 54.4. The Balaban J connectivity index is 1.68. The number of sulfonamides is 1. The molecule has 1 fully saturated rings. The summed E-state index contributed by atoms with van der Waals surface area (Å²) < 4.78 is 39.4. The number of aliphatic carboxylic acids is 1. The molecule has 0 spiro atoms. The summed E-state index contributed by atoms with van der Waals surface area (Å²) in [5, 5.41) is 26.4. The third-order valence-corrected chi connectivity index (χ3v) is 11.4. The topological polar surface area (TPSA) is 216 Å². The molecule has 58 heavy (non-hydrogen) atoms. The van der Waals surface area contributed by atoms with Crippen molar-refractivity contribution in [2.45, 2.75) is 123 Å². The number of amides is 3. The number of carbonyl (C=O) groups is 4. The number of rotatable bonds is 18. The Bertz CT molecular complexity index is 1910. The van der Waals surface area contributed by atoms with Gasteiger partial charge in [-0.05, 0) is 114 Å². The SMILES string of the molecule is COc1cc(C)c(S(=O)(=O)NC(=N)NCCCC(NC(=O)[C@@H]2CCCN2C(=O)C(/C=C/C(CC(C)C)NC(=O)OC(C)(C)C)Cc2ccccc2)C(=O)O)c(C)c1C. The van der Waals surface area contributed by atoms with Gasteiger partial charge >= 0.3 is 12.1 Å². The first-order valence-corrected chi connectivity index (χ1v) is 21.2. The van der Waals surface area contributed by atoms with Gasteiger partial charge in [-0.15, -0.1) is 0 Å². The van der Waals surface area contributed by atoms with Gasteiger partial charge in [-0.2, -0.15) is 0 Å². The highest BCUT2D eigenvalue weighted by molar-refractivity contribution is 7.90. The number of nitrogens with one attached hydrogen (secondary N) is 5. The number of carbonyl (C=O) groups excluding carboxylic acids is 3. The molecule has 1 heterocycles. The molecule has 2 aromatic rings. The second-order valence-corrected chi connectivity index (χ2v) is 17.8. The Morgan fingerprint density at radius 1 is 1.03 bits per heavy atom. The molecule has 3 amide bonds. The van der Waals surface area contributed by atoms with Crippen molar-refractivity contribution < 1.29 is 42.2 Å². The number of carboxylic acids is 1. The van der Waals surface area contributed by atoms with Gasteiger partial charge in [-0.3, -0.25) is 15.0 Å². The molecule has 3 unspecified atom stereocenters. The van der Waals surface area contributed by atoms with E-state index in [1.165, 1.54) is 12.0 Å². The summed E-state index contributed by atoms with van der Waals surface area (Å²) in [5.41, 5.74) is 1.82. The van der Waals surface area contributed by atoms with Gasteiger partial charge in [-0.25, -0.2) is 22.7 Å². The molecular formula is C42H62N6O9S. The molecule has 15 nitrogen and oxygen atoms in total. The molecule has 6 N–H and O–H groups in total. The molecular weight excluding hydrogens is 765 g/mol. The Kier molecular flexibility index (Phi) is 17.1. The number of carboxylic acid groups (broad SMARTS) is 1. The number of likely N-dealkylation sites (tertiary alicyclic amines) is 1. The minimum Gasteiger partial charge on any atom is -0.496 e. The molecule has 1 aliphatic heterocycles. The van der Waals surface area contributed by atoms with Crippen LogP contribution in [-0.2, 0) is 35.6 Å². The van der Waals surface area contributed by atoms with Crippen LogP contribution in [0.3, 0.4) is 0 Å². The molecule has 4 atom stereocenters. The smallest absolute Gasteiger partial charge is 0.408 e. The van der Waals surface area contributed by atoms with Gasteiger partial charge in [-0.1, -0.05) is 56.3 Å². The van der Waals surface area contributed by atoms with Gasteiger partial charge in [0.2, 0.25) is 17.8 Å². The lowest BCUT2D eigenvalue weighted by atomic mass is 9.95. The molecule has 0 aliphatic carbocycles. The van der Waals surface area contributed by atoms with E-state index < -0.39 is 63.6 Å². The predicted molar refractivity (Wildman–Crippen MR) is 222 cm³/mol. The lowest BCUT2D eigenvalue weighted by Gasteiger charge is -2.29. The Hall–Kier alpha value is -5.12. The van der Waals surface area contributed by atoms with E-state index in [-0.39, 0.29) is 36.1 Å². The lowest BCUT2D eigenvalue weighted by Crippen LogP contribution is -2.52. The second-order valence-electron chi connectivity index (χ2n) is 16.2. The van der Waals surface area contributed by atoms with E-state index >= 15 is 0 Å². The molecule has 0 radical (unpaired) electrons. The summed E-state index contributed by atoms with van der Waals surface area (Å²) in [6, 6.07) is 8.50. The summed E-state index contributed by atoms with van der Waals surface area (Å²) in [6.07, 6.45) is 5.02. The number of aryl methyl sites for hydroxylation is 1. The maximum Gasteiger partial charge on any atom is 0.408 e. The summed E-state index contributed by atoms with van der Waals surface area (Å²) in [6.45, 7) is 14.8. The fourth-order valence-corrected chi connectivity index (χ4v) is 8.44. The largest absolute Gasteiger partial charge is 0.496 e. The third-order valence-electron chi connectivity index (χ3n) is 9.75. The molecule has 1 saturated heterocycles. The molecule has 16 heteroatoms. The first-order chi connectivity index (χ1) is 27.1. The second kappa shape index (κ2) is 21.0. The van der Waals surface area contributed by atoms with E-state index in [2.05, 4.69) is 20.7 Å². The van der Waals surface area contributed by atoms with Crippen LogP contribution in [0.15, 0.2) is 53.4 Å². The minimum absolute atomic E-state index is 0.0219. The monoisotopic (exact) mass is 826 g/mol. The number of guanidine groups is 1. The van der Waals surface area contributed by atoms with Gasteiger partial charge in [0.05, 0.1) is 24.0 Å². The zero-order chi connectivity index (χ0) is 43.4. The lowest BCUT2D eigenvalue weighted by molar-refractivity contribution is -0.144. The van der Waals surface area contributed by atoms with Crippen molar-refractivity contribution in [1.82, 2.24) is 25.6 Å². The highest BCUT2D eigenvalue weighted by Crippen LogP contribution is 2.30. The average Bonchev–Trinajstić information content (AvgIpc) is 3.62. The molecule has 0 bridgehead atoms. The van der Waals surface area contributed by atoms with Crippen LogP contribution in [0, 0.1) is 38.0 Å². The van der Waals surface area contributed by atoms with Gasteiger partial charge in [0, 0.05) is 13.1 Å². The molecule has 320 valence electrons. The first kappa shape index (κ1) is 47.3. The van der Waals surface area contributed by atoms with Crippen molar-refractivity contribution in [2.24, 2.45) is 11.8 Å². The number of methoxy groups -OCH3 is 1. The van der Waals surface area contributed by atoms with Crippen LogP contribution in [0.5, 0.6) is 5.75 Å². The fourth-order valence-electron chi connectivity index (χ4n) is 6.96. The van der Waals surface area contributed by atoms with Crippen LogP contribution in [-0.4, -0.2) is 92.2 Å². The predicted octanol–water partition coefficient (Wildman–Crippen LogP) is 5.12. The highest BCUT2D eigenvalue weighted by atomic mass is 32.2. The Labute approximate surface area is 343 Å². The molecule has 3 rings (SSSR count). The Morgan fingerprint density at radius 3 is 2.31 bits per heavy atom. The maximum atomic E-state index is 14.3. The van der Waals surface area contributed by atoms with Gasteiger partial charge in [0.15, 0.2) is 0 Å². The molecule has 2 aromatic carbocycles. The molecule has 0 saturated carbocycles. The van der Waals surface area contributed by atoms with Gasteiger partial charge in [0.25, 0.3) is 10.0 Å². The van der Waals surface area contributed by atoms with E-state index in [4.69, 9.17) is 14.9 Å². The molecule has 1 aliphatic rings. The highest BCUT2D eigenvalue weighted by Gasteiger charge is 2.38. The van der Waals surface area contributed by atoms with Crippen molar-refractivity contribution >= 4 is 39.9 Å². The quantitative estimate of drug-likeness (QED) is 0.0505. The standard InChI is InChI=1S/C42H62N6O9S/c1-26(2)23-32(45-41(53)57-42(6,7)8)20-19-31(25-30-15-11-10-12-16-30)38(50)48-22-14-18-34(48)37(49)46-33(39(51)52)17-13-21-44-40(43)47-58(54,55)36-27(3)24-35(56-9)28(4)29(36)5/h10-12,15-16,19-20,24,26,31-34H,13-14,17-18,21-23,25H2,1-9H3,(H,45,53)(H,46,49)(H,51,52)(H3,43,44,47)/b20-19+/t31?,32?,33?,34-/m0/s1.